The van der Waals surface area contributed by atoms with Crippen LogP contribution in [0.3, 0.4) is 0 Å². The quantitative estimate of drug-likeness (QED) is 0.443. The van der Waals surface area contributed by atoms with Crippen LogP contribution < -0.4 is 0 Å². The topological polar surface area (TPSA) is 71.1 Å². The van der Waals surface area contributed by atoms with E-state index in [0.717, 1.165) is 0 Å². The highest BCUT2D eigenvalue weighted by Gasteiger charge is 2.21. The SMILES string of the molecule is COC(=O)OC.O=C1OCC(Cl)O1. The number of methoxy groups -OCH3 is 2. The molecule has 1 fully saturated rings. The maximum atomic E-state index is 9.92. The van der Waals surface area contributed by atoms with Gasteiger partial charge in [0.1, 0.15) is 6.61 Å². The molecule has 0 aromatic rings. The lowest BCUT2D eigenvalue weighted by Gasteiger charge is -1.89. The van der Waals surface area contributed by atoms with Crippen molar-refractivity contribution >= 4 is 23.9 Å². The molecule has 1 saturated heterocycles. The van der Waals surface area contributed by atoms with E-state index in [2.05, 4.69) is 18.9 Å². The van der Waals surface area contributed by atoms with Gasteiger partial charge in [0, 0.05) is 0 Å². The third-order valence-corrected chi connectivity index (χ3v) is 1.10. The van der Waals surface area contributed by atoms with Crippen molar-refractivity contribution in [1.82, 2.24) is 0 Å². The van der Waals surface area contributed by atoms with Crippen molar-refractivity contribution in [2.75, 3.05) is 20.8 Å². The van der Waals surface area contributed by atoms with Gasteiger partial charge >= 0.3 is 12.3 Å². The highest BCUT2D eigenvalue weighted by molar-refractivity contribution is 6.20. The molecule has 0 spiro atoms. The van der Waals surface area contributed by atoms with E-state index in [1.165, 1.54) is 14.2 Å². The lowest BCUT2D eigenvalue weighted by Crippen LogP contribution is -1.97. The predicted molar refractivity (Wildman–Crippen MR) is 41.5 cm³/mol. The zero-order valence-electron chi connectivity index (χ0n) is 7.11. The Hall–Kier alpha value is -1.17. The summed E-state index contributed by atoms with van der Waals surface area (Å²) >= 11 is 5.24. The molecule has 1 atom stereocenters. The molecule has 1 heterocycles. The summed E-state index contributed by atoms with van der Waals surface area (Å²) in [5.74, 6) is 0. The van der Waals surface area contributed by atoms with E-state index in [9.17, 15) is 9.59 Å². The summed E-state index contributed by atoms with van der Waals surface area (Å²) in [5, 5.41) is 0. The predicted octanol–water partition coefficient (Wildman–Crippen LogP) is 1.12. The summed E-state index contributed by atoms with van der Waals surface area (Å²) in [6, 6.07) is 0. The fourth-order valence-corrected chi connectivity index (χ4v) is 0.525. The van der Waals surface area contributed by atoms with Gasteiger partial charge in [0.15, 0.2) is 0 Å². The molecule has 0 saturated carbocycles. The van der Waals surface area contributed by atoms with Crippen molar-refractivity contribution < 1.29 is 28.5 Å². The van der Waals surface area contributed by atoms with Crippen LogP contribution in [0.1, 0.15) is 0 Å². The molecule has 1 aliphatic rings. The van der Waals surface area contributed by atoms with Crippen molar-refractivity contribution in [2.45, 2.75) is 5.56 Å². The normalized spacial score (nSPS) is 19.0. The van der Waals surface area contributed by atoms with Crippen LogP contribution in [0.2, 0.25) is 0 Å². The van der Waals surface area contributed by atoms with Gasteiger partial charge in [-0.05, 0) is 0 Å². The number of carbonyl (C=O) groups excluding carboxylic acids is 2. The minimum absolute atomic E-state index is 0.167. The van der Waals surface area contributed by atoms with Crippen LogP contribution >= 0.6 is 11.6 Å². The van der Waals surface area contributed by atoms with Crippen LogP contribution in [-0.2, 0) is 18.9 Å². The molecular weight excluding hydrogens is 204 g/mol. The standard InChI is InChI=1S/C3H3ClO3.C3H6O3/c4-2-1-6-3(5)7-2;1-5-3(4)6-2/h2H,1H2;1-2H3. The number of hydrogen-bond acceptors (Lipinski definition) is 6. The second-order valence-electron chi connectivity index (χ2n) is 1.75. The maximum Gasteiger partial charge on any atom is 0.510 e. The maximum absolute atomic E-state index is 9.92. The average Bonchev–Trinajstić information content (AvgIpc) is 2.49. The molecule has 7 heteroatoms. The van der Waals surface area contributed by atoms with Gasteiger partial charge in [-0.15, -0.1) is 0 Å². The Bertz CT molecular complexity index is 176. The van der Waals surface area contributed by atoms with Gasteiger partial charge in [-0.1, -0.05) is 11.6 Å². The molecular formula is C6H9ClO6. The summed E-state index contributed by atoms with van der Waals surface area (Å²) in [6.45, 7) is 0.167. The molecule has 0 aliphatic carbocycles. The summed E-state index contributed by atoms with van der Waals surface area (Å²) in [5.41, 5.74) is -0.576. The fraction of sp³-hybridized carbons (Fsp3) is 0.667. The van der Waals surface area contributed by atoms with Crippen molar-refractivity contribution in [1.29, 1.82) is 0 Å². The molecule has 0 aromatic carbocycles. The van der Waals surface area contributed by atoms with Gasteiger partial charge in [-0.2, -0.15) is 0 Å². The first-order valence-electron chi connectivity index (χ1n) is 3.19. The molecule has 0 bridgehead atoms. The number of rotatable bonds is 0. The monoisotopic (exact) mass is 212 g/mol. The van der Waals surface area contributed by atoms with Crippen LogP contribution in [0, 0.1) is 0 Å². The number of alkyl halides is 1. The van der Waals surface area contributed by atoms with Crippen LogP contribution in [0.4, 0.5) is 9.59 Å². The van der Waals surface area contributed by atoms with Gasteiger partial charge in [-0.3, -0.25) is 0 Å². The molecule has 13 heavy (non-hydrogen) atoms. The molecule has 1 unspecified atom stereocenters. The Morgan fingerprint density at radius 1 is 1.54 bits per heavy atom. The number of hydrogen-bond donors (Lipinski definition) is 0. The Balaban J connectivity index is 0.000000226. The van der Waals surface area contributed by atoms with Gasteiger partial charge in [0.2, 0.25) is 5.56 Å². The molecule has 0 N–H and O–H groups in total. The minimum Gasteiger partial charge on any atom is -0.438 e. The molecule has 6 nitrogen and oxygen atoms in total. The Kier molecular flexibility index (Phi) is 5.79. The molecule has 76 valence electrons. The van der Waals surface area contributed by atoms with Crippen molar-refractivity contribution in [3.05, 3.63) is 0 Å². The number of cyclic esters (lactones) is 2. The summed E-state index contributed by atoms with van der Waals surface area (Å²) in [7, 11) is 2.51. The van der Waals surface area contributed by atoms with Gasteiger partial charge in [0.25, 0.3) is 0 Å². The first-order valence-corrected chi connectivity index (χ1v) is 3.63. The minimum atomic E-state index is -0.681. The zero-order valence-corrected chi connectivity index (χ0v) is 7.87. The largest absolute Gasteiger partial charge is 0.510 e. The molecule has 0 amide bonds. The second-order valence-corrected chi connectivity index (χ2v) is 2.23. The van der Waals surface area contributed by atoms with Crippen molar-refractivity contribution in [3.63, 3.8) is 0 Å². The van der Waals surface area contributed by atoms with Gasteiger partial charge < -0.3 is 18.9 Å². The lowest BCUT2D eigenvalue weighted by molar-refractivity contribution is 0.0924. The second kappa shape index (κ2) is 6.36. The smallest absolute Gasteiger partial charge is 0.438 e. The summed E-state index contributed by atoms with van der Waals surface area (Å²) < 4.78 is 16.6. The third kappa shape index (κ3) is 6.03. The molecule has 0 aromatic heterocycles. The Labute approximate surface area is 79.6 Å². The van der Waals surface area contributed by atoms with Crippen molar-refractivity contribution in [3.8, 4) is 0 Å². The first kappa shape index (κ1) is 11.8. The lowest BCUT2D eigenvalue weighted by atomic mass is 10.8. The molecule has 0 radical (unpaired) electrons. The summed E-state index contributed by atoms with van der Waals surface area (Å²) in [6.07, 6.45) is -1.34. The van der Waals surface area contributed by atoms with E-state index in [1.807, 2.05) is 0 Å². The number of carbonyl (C=O) groups is 2. The summed E-state index contributed by atoms with van der Waals surface area (Å²) in [4.78, 5) is 19.7. The van der Waals surface area contributed by atoms with E-state index in [-0.39, 0.29) is 6.61 Å². The highest BCUT2D eigenvalue weighted by atomic mass is 35.5. The average molecular weight is 213 g/mol. The zero-order chi connectivity index (χ0) is 10.3. The van der Waals surface area contributed by atoms with E-state index in [4.69, 9.17) is 11.6 Å². The molecule has 1 aliphatic heterocycles. The van der Waals surface area contributed by atoms with E-state index >= 15 is 0 Å². The van der Waals surface area contributed by atoms with Crippen LogP contribution in [0.5, 0.6) is 0 Å². The third-order valence-electron chi connectivity index (χ3n) is 0.890. The Morgan fingerprint density at radius 2 is 2.08 bits per heavy atom. The fourth-order valence-electron chi connectivity index (χ4n) is 0.389. The van der Waals surface area contributed by atoms with E-state index in [1.54, 1.807) is 0 Å². The Morgan fingerprint density at radius 3 is 2.15 bits per heavy atom. The van der Waals surface area contributed by atoms with E-state index in [0.29, 0.717) is 0 Å². The van der Waals surface area contributed by atoms with Gasteiger partial charge in [0.05, 0.1) is 14.2 Å². The van der Waals surface area contributed by atoms with Crippen LogP contribution in [0.15, 0.2) is 0 Å². The number of halogens is 1. The van der Waals surface area contributed by atoms with Gasteiger partial charge in [-0.25, -0.2) is 9.59 Å². The molecule has 1 rings (SSSR count). The van der Waals surface area contributed by atoms with Crippen LogP contribution in [0.25, 0.3) is 0 Å². The van der Waals surface area contributed by atoms with Crippen molar-refractivity contribution in [2.24, 2.45) is 0 Å². The van der Waals surface area contributed by atoms with E-state index < -0.39 is 17.9 Å². The number of ether oxygens (including phenoxy) is 4. The highest BCUT2D eigenvalue weighted by Crippen LogP contribution is 2.08. The van der Waals surface area contributed by atoms with Crippen LogP contribution in [-0.4, -0.2) is 38.7 Å². The first-order chi connectivity index (χ1) is 6.10.